The number of carboxylic acid groups (broad SMARTS) is 1. The van der Waals surface area contributed by atoms with Crippen LogP contribution in [0.3, 0.4) is 0 Å². The Morgan fingerprint density at radius 2 is 1.78 bits per heavy atom. The molecular weight excluding hydrogens is 328 g/mol. The van der Waals surface area contributed by atoms with E-state index in [-0.39, 0.29) is 19.4 Å². The van der Waals surface area contributed by atoms with E-state index in [1.54, 1.807) is 0 Å². The van der Waals surface area contributed by atoms with Crippen molar-refractivity contribution in [1.82, 2.24) is 4.31 Å². The Morgan fingerprint density at radius 3 is 2.30 bits per heavy atom. The summed E-state index contributed by atoms with van der Waals surface area (Å²) in [5.41, 5.74) is 1.80. The first-order valence-corrected chi connectivity index (χ1v) is 8.86. The van der Waals surface area contributed by atoms with E-state index in [9.17, 15) is 22.0 Å². The lowest BCUT2D eigenvalue weighted by Gasteiger charge is -2.36. The lowest BCUT2D eigenvalue weighted by molar-refractivity contribution is -0.150. The zero-order valence-electron chi connectivity index (χ0n) is 12.3. The van der Waals surface area contributed by atoms with Gasteiger partial charge in [-0.25, -0.2) is 17.2 Å². The molecule has 23 heavy (non-hydrogen) atoms. The highest BCUT2D eigenvalue weighted by molar-refractivity contribution is 7.89. The number of hydrogen-bond donors (Lipinski definition) is 1. The average Bonchev–Trinajstić information content (AvgIpc) is 2.90. The van der Waals surface area contributed by atoms with Crippen LogP contribution in [0.5, 0.6) is 0 Å². The van der Waals surface area contributed by atoms with Crippen molar-refractivity contribution in [3.05, 3.63) is 35.4 Å². The van der Waals surface area contributed by atoms with E-state index in [0.717, 1.165) is 11.1 Å². The van der Waals surface area contributed by atoms with Crippen LogP contribution in [0, 0.1) is 5.92 Å². The first-order valence-electron chi connectivity index (χ1n) is 7.35. The van der Waals surface area contributed by atoms with Crippen LogP contribution < -0.4 is 0 Å². The van der Waals surface area contributed by atoms with Crippen molar-refractivity contribution in [2.75, 3.05) is 13.1 Å². The molecule has 1 heterocycles. The van der Waals surface area contributed by atoms with Crippen LogP contribution in [0.1, 0.15) is 17.5 Å². The summed E-state index contributed by atoms with van der Waals surface area (Å²) in [7, 11) is -3.98. The fourth-order valence-corrected chi connectivity index (χ4v) is 5.32. The molecule has 0 saturated carbocycles. The van der Waals surface area contributed by atoms with E-state index in [1.807, 2.05) is 24.3 Å². The minimum Gasteiger partial charge on any atom is -0.481 e. The second-order valence-electron chi connectivity index (χ2n) is 6.23. The summed E-state index contributed by atoms with van der Waals surface area (Å²) in [5.74, 6) is -6.09. The number of rotatable bonds is 3. The van der Waals surface area contributed by atoms with Crippen molar-refractivity contribution in [2.45, 2.75) is 30.4 Å². The molecule has 0 radical (unpaired) electrons. The summed E-state index contributed by atoms with van der Waals surface area (Å²) < 4.78 is 53.6. The molecule has 1 aromatic carbocycles. The highest BCUT2D eigenvalue weighted by Crippen LogP contribution is 2.35. The molecule has 0 spiro atoms. The minimum atomic E-state index is -3.98. The largest absolute Gasteiger partial charge is 0.481 e. The molecule has 5 nitrogen and oxygen atoms in total. The van der Waals surface area contributed by atoms with Crippen LogP contribution in [0.15, 0.2) is 24.3 Å². The molecule has 0 amide bonds. The van der Waals surface area contributed by atoms with Gasteiger partial charge in [-0.2, -0.15) is 4.31 Å². The van der Waals surface area contributed by atoms with E-state index in [1.165, 1.54) is 0 Å². The molecule has 1 aromatic rings. The number of nitrogens with zero attached hydrogens (tertiary/aromatic N) is 1. The smallest absolute Gasteiger partial charge is 0.308 e. The SMILES string of the molecule is O=C(O)C1CN(S(=O)(=O)C2Cc3ccccc3C2)CC(F)(F)C1. The highest BCUT2D eigenvalue weighted by atomic mass is 32.2. The number of carboxylic acids is 1. The van der Waals surface area contributed by atoms with Gasteiger partial charge in [0.2, 0.25) is 10.0 Å². The summed E-state index contributed by atoms with van der Waals surface area (Å²) in [6.07, 6.45) is -0.268. The fourth-order valence-electron chi connectivity index (χ4n) is 3.36. The van der Waals surface area contributed by atoms with Crippen molar-refractivity contribution in [3.63, 3.8) is 0 Å². The molecule has 1 aliphatic heterocycles. The van der Waals surface area contributed by atoms with Gasteiger partial charge in [0.15, 0.2) is 0 Å². The molecule has 8 heteroatoms. The lowest BCUT2D eigenvalue weighted by atomic mass is 9.97. The Bertz CT molecular complexity index is 710. The third-order valence-electron chi connectivity index (χ3n) is 4.52. The summed E-state index contributed by atoms with van der Waals surface area (Å²) in [4.78, 5) is 11.1. The van der Waals surface area contributed by atoms with Gasteiger partial charge in [-0.3, -0.25) is 4.79 Å². The van der Waals surface area contributed by atoms with Crippen molar-refractivity contribution in [3.8, 4) is 0 Å². The van der Waals surface area contributed by atoms with E-state index in [0.29, 0.717) is 4.31 Å². The number of piperidine rings is 1. The first kappa shape index (κ1) is 16.3. The van der Waals surface area contributed by atoms with Crippen LogP contribution in [-0.2, 0) is 27.7 Å². The van der Waals surface area contributed by atoms with Gasteiger partial charge in [-0.1, -0.05) is 24.3 Å². The van der Waals surface area contributed by atoms with Crippen molar-refractivity contribution in [1.29, 1.82) is 0 Å². The molecule has 2 aliphatic rings. The number of sulfonamides is 1. The number of fused-ring (bicyclic) bond motifs is 1. The standard InChI is InChI=1S/C15H17F2NO4S/c16-15(17)7-12(14(19)20)8-18(9-15)23(21,22)13-5-10-3-1-2-4-11(10)6-13/h1-4,12-13H,5-9H2,(H,19,20). The van der Waals surface area contributed by atoms with E-state index in [2.05, 4.69) is 0 Å². The summed E-state index contributed by atoms with van der Waals surface area (Å²) in [6.45, 7) is -1.33. The highest BCUT2D eigenvalue weighted by Gasteiger charge is 2.49. The Kier molecular flexibility index (Phi) is 3.92. The van der Waals surface area contributed by atoms with Crippen molar-refractivity contribution in [2.24, 2.45) is 5.92 Å². The quantitative estimate of drug-likeness (QED) is 0.901. The third-order valence-corrected chi connectivity index (χ3v) is 6.69. The summed E-state index contributed by atoms with van der Waals surface area (Å²) in [6, 6.07) is 7.28. The van der Waals surface area contributed by atoms with Gasteiger partial charge >= 0.3 is 5.97 Å². The minimum absolute atomic E-state index is 0.276. The van der Waals surface area contributed by atoms with Crippen LogP contribution in [0.25, 0.3) is 0 Å². The lowest BCUT2D eigenvalue weighted by Crippen LogP contribution is -2.53. The molecule has 1 atom stereocenters. The van der Waals surface area contributed by atoms with Crippen molar-refractivity contribution < 1.29 is 27.1 Å². The monoisotopic (exact) mass is 345 g/mol. The van der Waals surface area contributed by atoms with Crippen LogP contribution in [0.4, 0.5) is 8.78 Å². The molecular formula is C15H17F2NO4S. The number of hydrogen-bond acceptors (Lipinski definition) is 3. The zero-order valence-corrected chi connectivity index (χ0v) is 13.1. The van der Waals surface area contributed by atoms with Crippen LogP contribution >= 0.6 is 0 Å². The number of carbonyl (C=O) groups is 1. The van der Waals surface area contributed by atoms with Gasteiger partial charge in [0.05, 0.1) is 17.7 Å². The van der Waals surface area contributed by atoms with Crippen LogP contribution in [0.2, 0.25) is 0 Å². The molecule has 126 valence electrons. The summed E-state index contributed by atoms with van der Waals surface area (Å²) >= 11 is 0. The average molecular weight is 345 g/mol. The maximum absolute atomic E-state index is 13.8. The molecule has 3 rings (SSSR count). The Hall–Kier alpha value is -1.54. The van der Waals surface area contributed by atoms with E-state index >= 15 is 0 Å². The molecule has 1 aliphatic carbocycles. The molecule has 0 aromatic heterocycles. The van der Waals surface area contributed by atoms with E-state index in [4.69, 9.17) is 5.11 Å². The number of aliphatic carboxylic acids is 1. The van der Waals surface area contributed by atoms with Gasteiger partial charge in [0.1, 0.15) is 0 Å². The number of alkyl halides is 2. The predicted octanol–water partition coefficient (Wildman–Crippen LogP) is 1.53. The van der Waals surface area contributed by atoms with Crippen LogP contribution in [-0.4, -0.2) is 48.1 Å². The summed E-state index contributed by atoms with van der Waals surface area (Å²) in [5, 5.41) is 8.20. The Balaban J connectivity index is 1.84. The molecule has 1 fully saturated rings. The topological polar surface area (TPSA) is 74.7 Å². The van der Waals surface area contributed by atoms with Gasteiger partial charge in [0, 0.05) is 13.0 Å². The number of halogens is 2. The number of benzene rings is 1. The first-order chi connectivity index (χ1) is 10.7. The Labute approximate surface area is 133 Å². The second-order valence-corrected chi connectivity index (χ2v) is 8.44. The molecule has 0 bridgehead atoms. The predicted molar refractivity (Wildman–Crippen MR) is 78.8 cm³/mol. The van der Waals surface area contributed by atoms with E-state index < -0.39 is 46.0 Å². The fraction of sp³-hybridized carbons (Fsp3) is 0.533. The third kappa shape index (κ3) is 3.10. The molecule has 1 N–H and O–H groups in total. The molecule has 1 saturated heterocycles. The van der Waals surface area contributed by atoms with Gasteiger partial charge < -0.3 is 5.11 Å². The van der Waals surface area contributed by atoms with Gasteiger partial charge in [-0.15, -0.1) is 0 Å². The van der Waals surface area contributed by atoms with Gasteiger partial charge in [0.25, 0.3) is 5.92 Å². The second kappa shape index (κ2) is 5.52. The van der Waals surface area contributed by atoms with Gasteiger partial charge in [-0.05, 0) is 24.0 Å². The van der Waals surface area contributed by atoms with Crippen molar-refractivity contribution >= 4 is 16.0 Å². The normalized spacial score (nSPS) is 25.2. The zero-order chi connectivity index (χ0) is 16.8. The Morgan fingerprint density at radius 1 is 1.22 bits per heavy atom. The maximum Gasteiger partial charge on any atom is 0.308 e. The maximum atomic E-state index is 13.8. The molecule has 1 unspecified atom stereocenters.